The number of hydrogen-bond acceptors (Lipinski definition) is 3. The fraction of sp³-hybridized carbons (Fsp3) is 0.727. The molecule has 1 saturated carbocycles. The standard InChI is InChI=1S/C11H17NOS/c1-8-6-14-10(12-8)5-11(2,7-13)9-3-4-9/h6,9,13H,3-5,7H2,1-2H3. The van der Waals surface area contributed by atoms with Crippen molar-refractivity contribution in [1.82, 2.24) is 4.98 Å². The van der Waals surface area contributed by atoms with Crippen molar-refractivity contribution in [2.24, 2.45) is 11.3 Å². The van der Waals surface area contributed by atoms with Crippen LogP contribution in [0.1, 0.15) is 30.5 Å². The van der Waals surface area contributed by atoms with Gasteiger partial charge in [-0.3, -0.25) is 0 Å². The van der Waals surface area contributed by atoms with E-state index in [2.05, 4.69) is 17.3 Å². The van der Waals surface area contributed by atoms with Crippen molar-refractivity contribution in [3.05, 3.63) is 16.1 Å². The lowest BCUT2D eigenvalue weighted by atomic mass is 9.83. The molecule has 2 nitrogen and oxygen atoms in total. The van der Waals surface area contributed by atoms with E-state index in [0.29, 0.717) is 0 Å². The largest absolute Gasteiger partial charge is 0.396 e. The van der Waals surface area contributed by atoms with Gasteiger partial charge < -0.3 is 5.11 Å². The highest BCUT2D eigenvalue weighted by atomic mass is 32.1. The first-order valence-corrected chi connectivity index (χ1v) is 6.04. The second-order valence-electron chi connectivity index (χ2n) is 4.65. The Bertz CT molecular complexity index is 319. The van der Waals surface area contributed by atoms with Crippen molar-refractivity contribution < 1.29 is 5.11 Å². The molecule has 14 heavy (non-hydrogen) atoms. The number of aromatic nitrogens is 1. The summed E-state index contributed by atoms with van der Waals surface area (Å²) >= 11 is 1.71. The summed E-state index contributed by atoms with van der Waals surface area (Å²) in [6, 6.07) is 0. The summed E-state index contributed by atoms with van der Waals surface area (Å²) in [5, 5.41) is 12.7. The lowest BCUT2D eigenvalue weighted by molar-refractivity contribution is 0.119. The Balaban J connectivity index is 2.07. The Morgan fingerprint density at radius 3 is 2.79 bits per heavy atom. The molecule has 0 aliphatic heterocycles. The van der Waals surface area contributed by atoms with Crippen molar-refractivity contribution in [3.8, 4) is 0 Å². The van der Waals surface area contributed by atoms with Crippen molar-refractivity contribution in [1.29, 1.82) is 0 Å². The van der Waals surface area contributed by atoms with Gasteiger partial charge in [0.2, 0.25) is 0 Å². The first-order chi connectivity index (χ1) is 6.64. The van der Waals surface area contributed by atoms with Gasteiger partial charge in [-0.2, -0.15) is 0 Å². The number of thiazole rings is 1. The van der Waals surface area contributed by atoms with Gasteiger partial charge in [0.05, 0.1) is 5.01 Å². The molecule has 0 saturated heterocycles. The molecule has 0 spiro atoms. The van der Waals surface area contributed by atoms with Gasteiger partial charge in [0.25, 0.3) is 0 Å². The number of aryl methyl sites for hydroxylation is 1. The van der Waals surface area contributed by atoms with Crippen molar-refractivity contribution in [3.63, 3.8) is 0 Å². The van der Waals surface area contributed by atoms with Gasteiger partial charge in [-0.15, -0.1) is 11.3 Å². The van der Waals surface area contributed by atoms with Crippen LogP contribution in [0.25, 0.3) is 0 Å². The Morgan fingerprint density at radius 2 is 2.36 bits per heavy atom. The summed E-state index contributed by atoms with van der Waals surface area (Å²) in [5.74, 6) is 0.719. The second-order valence-corrected chi connectivity index (χ2v) is 5.59. The molecule has 0 radical (unpaired) electrons. The predicted molar refractivity (Wildman–Crippen MR) is 58.5 cm³/mol. The molecule has 2 rings (SSSR count). The molecular weight excluding hydrogens is 194 g/mol. The van der Waals surface area contributed by atoms with Crippen LogP contribution in [-0.4, -0.2) is 16.7 Å². The lowest BCUT2D eigenvalue weighted by Gasteiger charge is -2.25. The minimum atomic E-state index is 0.0737. The Morgan fingerprint density at radius 1 is 1.64 bits per heavy atom. The molecule has 1 aromatic heterocycles. The summed E-state index contributed by atoms with van der Waals surface area (Å²) in [7, 11) is 0. The van der Waals surface area contributed by atoms with E-state index in [9.17, 15) is 5.11 Å². The van der Waals surface area contributed by atoms with Gasteiger partial charge >= 0.3 is 0 Å². The van der Waals surface area contributed by atoms with Gasteiger partial charge in [0.1, 0.15) is 0 Å². The maximum atomic E-state index is 9.44. The minimum Gasteiger partial charge on any atom is -0.396 e. The molecule has 78 valence electrons. The zero-order valence-electron chi connectivity index (χ0n) is 8.79. The molecule has 1 N–H and O–H groups in total. The fourth-order valence-electron chi connectivity index (χ4n) is 1.94. The number of rotatable bonds is 4. The van der Waals surface area contributed by atoms with E-state index in [1.165, 1.54) is 17.8 Å². The molecule has 3 heteroatoms. The molecular formula is C11H17NOS. The molecule has 1 atom stereocenters. The number of aliphatic hydroxyl groups excluding tert-OH is 1. The summed E-state index contributed by atoms with van der Waals surface area (Å²) in [5.41, 5.74) is 1.17. The highest BCUT2D eigenvalue weighted by molar-refractivity contribution is 7.09. The average molecular weight is 211 g/mol. The van der Waals surface area contributed by atoms with Crippen LogP contribution in [0.4, 0.5) is 0 Å². The van der Waals surface area contributed by atoms with Crippen LogP contribution in [0.5, 0.6) is 0 Å². The fourth-order valence-corrected chi connectivity index (χ4v) is 2.91. The summed E-state index contributed by atoms with van der Waals surface area (Å²) in [4.78, 5) is 4.46. The molecule has 1 fully saturated rings. The third-order valence-electron chi connectivity index (χ3n) is 3.15. The zero-order chi connectivity index (χ0) is 10.2. The molecule has 0 amide bonds. The van der Waals surface area contributed by atoms with E-state index in [4.69, 9.17) is 0 Å². The van der Waals surface area contributed by atoms with E-state index >= 15 is 0 Å². The van der Waals surface area contributed by atoms with E-state index in [-0.39, 0.29) is 12.0 Å². The van der Waals surface area contributed by atoms with Gasteiger partial charge in [0.15, 0.2) is 0 Å². The van der Waals surface area contributed by atoms with Gasteiger partial charge in [-0.25, -0.2) is 4.98 Å². The smallest absolute Gasteiger partial charge is 0.0934 e. The van der Waals surface area contributed by atoms with Crippen LogP contribution in [0, 0.1) is 18.3 Å². The SMILES string of the molecule is Cc1csc(CC(C)(CO)C2CC2)n1. The van der Waals surface area contributed by atoms with Crippen LogP contribution in [0.2, 0.25) is 0 Å². The first-order valence-electron chi connectivity index (χ1n) is 5.16. The van der Waals surface area contributed by atoms with Crippen LogP contribution in [0.15, 0.2) is 5.38 Å². The normalized spacial score (nSPS) is 20.8. The van der Waals surface area contributed by atoms with Gasteiger partial charge in [-0.05, 0) is 31.1 Å². The third-order valence-corrected chi connectivity index (χ3v) is 4.11. The summed E-state index contributed by atoms with van der Waals surface area (Å²) < 4.78 is 0. The molecule has 0 aromatic carbocycles. The minimum absolute atomic E-state index is 0.0737. The van der Waals surface area contributed by atoms with E-state index in [1.807, 2.05) is 6.92 Å². The molecule has 0 bridgehead atoms. The predicted octanol–water partition coefficient (Wildman–Crippen LogP) is 2.40. The van der Waals surface area contributed by atoms with E-state index < -0.39 is 0 Å². The summed E-state index contributed by atoms with van der Waals surface area (Å²) in [6.07, 6.45) is 3.50. The van der Waals surface area contributed by atoms with Crippen LogP contribution in [-0.2, 0) is 6.42 Å². The number of nitrogens with zero attached hydrogens (tertiary/aromatic N) is 1. The van der Waals surface area contributed by atoms with Gasteiger partial charge in [0, 0.05) is 24.1 Å². The van der Waals surface area contributed by atoms with E-state index in [1.54, 1.807) is 11.3 Å². The molecule has 1 aliphatic carbocycles. The monoisotopic (exact) mass is 211 g/mol. The molecule has 1 heterocycles. The van der Waals surface area contributed by atoms with E-state index in [0.717, 1.165) is 18.0 Å². The Kier molecular flexibility index (Phi) is 2.62. The first kappa shape index (κ1) is 10.1. The van der Waals surface area contributed by atoms with Crippen LogP contribution in [0.3, 0.4) is 0 Å². The summed E-state index contributed by atoms with van der Waals surface area (Å²) in [6.45, 7) is 4.49. The topological polar surface area (TPSA) is 33.1 Å². The molecule has 1 aliphatic rings. The highest BCUT2D eigenvalue weighted by Crippen LogP contribution is 2.47. The van der Waals surface area contributed by atoms with Crippen LogP contribution < -0.4 is 0 Å². The van der Waals surface area contributed by atoms with Crippen molar-refractivity contribution in [2.45, 2.75) is 33.1 Å². The number of aliphatic hydroxyl groups is 1. The van der Waals surface area contributed by atoms with Crippen molar-refractivity contribution in [2.75, 3.05) is 6.61 Å². The lowest BCUT2D eigenvalue weighted by Crippen LogP contribution is -2.26. The third kappa shape index (κ3) is 1.98. The van der Waals surface area contributed by atoms with Gasteiger partial charge in [-0.1, -0.05) is 6.92 Å². The zero-order valence-corrected chi connectivity index (χ0v) is 9.60. The Hall–Kier alpha value is -0.410. The maximum Gasteiger partial charge on any atom is 0.0934 e. The quantitative estimate of drug-likeness (QED) is 0.829. The second kappa shape index (κ2) is 3.63. The van der Waals surface area contributed by atoms with Crippen molar-refractivity contribution >= 4 is 11.3 Å². The Labute approximate surface area is 89.0 Å². The van der Waals surface area contributed by atoms with Crippen LogP contribution >= 0.6 is 11.3 Å². The molecule has 1 unspecified atom stereocenters. The molecule has 1 aromatic rings. The average Bonchev–Trinajstić information content (AvgIpc) is 2.93. The highest BCUT2D eigenvalue weighted by Gasteiger charge is 2.41. The maximum absolute atomic E-state index is 9.44. The number of hydrogen-bond donors (Lipinski definition) is 1.